The summed E-state index contributed by atoms with van der Waals surface area (Å²) in [6.45, 7) is 6.12. The van der Waals surface area contributed by atoms with Crippen molar-refractivity contribution in [2.45, 2.75) is 26.7 Å². The molecule has 0 aliphatic heterocycles. The number of H-pyrrole nitrogens is 1. The van der Waals surface area contributed by atoms with E-state index in [1.165, 1.54) is 0 Å². The van der Waals surface area contributed by atoms with Crippen LogP contribution in [0.3, 0.4) is 0 Å². The summed E-state index contributed by atoms with van der Waals surface area (Å²) in [5.41, 5.74) is 2.90. The Morgan fingerprint density at radius 1 is 1.21 bits per heavy atom. The molecule has 0 spiro atoms. The van der Waals surface area contributed by atoms with E-state index in [0.29, 0.717) is 11.7 Å². The van der Waals surface area contributed by atoms with Gasteiger partial charge in [0.05, 0.1) is 0 Å². The van der Waals surface area contributed by atoms with Crippen LogP contribution in [0.4, 0.5) is 16.3 Å². The zero-order chi connectivity index (χ0) is 13.8. The van der Waals surface area contributed by atoms with Crippen molar-refractivity contribution in [2.75, 3.05) is 10.6 Å². The first-order valence-corrected chi connectivity index (χ1v) is 6.24. The van der Waals surface area contributed by atoms with Crippen molar-refractivity contribution in [2.24, 2.45) is 0 Å². The van der Waals surface area contributed by atoms with Crippen molar-refractivity contribution in [1.82, 2.24) is 10.2 Å². The number of aromatic amines is 1. The highest BCUT2D eigenvalue weighted by molar-refractivity contribution is 5.99. The van der Waals surface area contributed by atoms with Gasteiger partial charge in [-0.1, -0.05) is 31.5 Å². The Labute approximate surface area is 112 Å². The van der Waals surface area contributed by atoms with Crippen LogP contribution >= 0.6 is 0 Å². The van der Waals surface area contributed by atoms with Crippen LogP contribution in [0.5, 0.6) is 0 Å². The highest BCUT2D eigenvalue weighted by Gasteiger charge is 2.07. The number of anilines is 2. The zero-order valence-electron chi connectivity index (χ0n) is 11.3. The van der Waals surface area contributed by atoms with Gasteiger partial charge in [-0.05, 0) is 25.0 Å². The maximum atomic E-state index is 11.8. The molecule has 0 atom stereocenters. The number of amides is 2. The van der Waals surface area contributed by atoms with E-state index in [4.69, 9.17) is 0 Å². The molecule has 19 heavy (non-hydrogen) atoms. The lowest BCUT2D eigenvalue weighted by Gasteiger charge is -2.05. The number of hydrogen-bond donors (Lipinski definition) is 3. The first kappa shape index (κ1) is 13.1. The number of carbonyl (C=O) groups is 1. The fourth-order valence-electron chi connectivity index (χ4n) is 1.61. The Morgan fingerprint density at radius 3 is 2.47 bits per heavy atom. The van der Waals surface area contributed by atoms with Crippen LogP contribution in [0.15, 0.2) is 30.3 Å². The third kappa shape index (κ3) is 3.58. The van der Waals surface area contributed by atoms with E-state index in [0.717, 1.165) is 16.9 Å². The molecule has 0 fully saturated rings. The van der Waals surface area contributed by atoms with Crippen LogP contribution in [0.2, 0.25) is 0 Å². The van der Waals surface area contributed by atoms with Gasteiger partial charge in [0.2, 0.25) is 0 Å². The Hall–Kier alpha value is -2.30. The average Bonchev–Trinajstić information content (AvgIpc) is 2.80. The van der Waals surface area contributed by atoms with E-state index in [-0.39, 0.29) is 6.03 Å². The molecule has 1 aromatic carbocycles. The van der Waals surface area contributed by atoms with Crippen LogP contribution in [-0.2, 0) is 0 Å². The number of urea groups is 1. The van der Waals surface area contributed by atoms with E-state index < -0.39 is 0 Å². The average molecular weight is 258 g/mol. The van der Waals surface area contributed by atoms with Gasteiger partial charge >= 0.3 is 6.03 Å². The third-order valence-electron chi connectivity index (χ3n) is 2.77. The number of nitrogens with one attached hydrogen (secondary N) is 3. The molecule has 0 saturated carbocycles. The normalized spacial score (nSPS) is 10.5. The molecule has 5 nitrogen and oxygen atoms in total. The molecule has 3 N–H and O–H groups in total. The van der Waals surface area contributed by atoms with E-state index in [1.54, 1.807) is 0 Å². The minimum absolute atomic E-state index is 0.300. The molecule has 0 radical (unpaired) electrons. The number of hydrogen-bond acceptors (Lipinski definition) is 2. The lowest BCUT2D eigenvalue weighted by Crippen LogP contribution is -2.19. The predicted octanol–water partition coefficient (Wildman–Crippen LogP) is 3.49. The minimum Gasteiger partial charge on any atom is -0.308 e. The highest BCUT2D eigenvalue weighted by Crippen LogP contribution is 2.15. The molecule has 2 rings (SSSR count). The van der Waals surface area contributed by atoms with Crippen LogP contribution < -0.4 is 10.6 Å². The first-order chi connectivity index (χ1) is 9.04. The van der Waals surface area contributed by atoms with Gasteiger partial charge in [0.1, 0.15) is 0 Å². The van der Waals surface area contributed by atoms with Crippen molar-refractivity contribution in [3.8, 4) is 0 Å². The van der Waals surface area contributed by atoms with Gasteiger partial charge in [-0.25, -0.2) is 4.79 Å². The smallest absolute Gasteiger partial charge is 0.308 e. The van der Waals surface area contributed by atoms with Gasteiger partial charge in [0.25, 0.3) is 0 Å². The number of benzene rings is 1. The standard InChI is InChI=1S/C14H18N4O/c1-9(2)12-8-13(18-17-12)16-14(19)15-11-6-4-10(3)5-7-11/h4-9H,1-3H3,(H3,15,16,17,18,19). The molecular formula is C14H18N4O. The summed E-state index contributed by atoms with van der Waals surface area (Å²) in [6, 6.07) is 9.14. The maximum absolute atomic E-state index is 11.8. The molecule has 0 unspecified atom stereocenters. The van der Waals surface area contributed by atoms with Crippen molar-refractivity contribution in [1.29, 1.82) is 0 Å². The largest absolute Gasteiger partial charge is 0.324 e. The van der Waals surface area contributed by atoms with Crippen LogP contribution in [0, 0.1) is 6.92 Å². The molecule has 1 heterocycles. The summed E-state index contributed by atoms with van der Waals surface area (Å²) in [4.78, 5) is 11.8. The van der Waals surface area contributed by atoms with E-state index in [9.17, 15) is 4.79 Å². The third-order valence-corrected chi connectivity index (χ3v) is 2.77. The van der Waals surface area contributed by atoms with E-state index in [1.807, 2.05) is 37.3 Å². The molecule has 2 amide bonds. The van der Waals surface area contributed by atoms with Crippen LogP contribution in [-0.4, -0.2) is 16.2 Å². The van der Waals surface area contributed by atoms with Gasteiger partial charge in [0.15, 0.2) is 5.82 Å². The summed E-state index contributed by atoms with van der Waals surface area (Å²) in [5.74, 6) is 0.872. The number of rotatable bonds is 3. The van der Waals surface area contributed by atoms with Gasteiger partial charge in [-0.15, -0.1) is 0 Å². The fraction of sp³-hybridized carbons (Fsp3) is 0.286. The summed E-state index contributed by atoms with van der Waals surface area (Å²) in [7, 11) is 0. The summed E-state index contributed by atoms with van der Waals surface area (Å²) in [5, 5.41) is 12.4. The molecule has 0 aliphatic carbocycles. The molecule has 0 bridgehead atoms. The second-order valence-corrected chi connectivity index (χ2v) is 4.81. The first-order valence-electron chi connectivity index (χ1n) is 6.24. The molecule has 1 aromatic heterocycles. The molecule has 0 saturated heterocycles. The molecule has 2 aromatic rings. The van der Waals surface area contributed by atoms with Crippen LogP contribution in [0.1, 0.15) is 31.0 Å². The molecular weight excluding hydrogens is 240 g/mol. The van der Waals surface area contributed by atoms with Crippen molar-refractivity contribution in [3.63, 3.8) is 0 Å². The minimum atomic E-state index is -0.300. The van der Waals surface area contributed by atoms with Crippen LogP contribution in [0.25, 0.3) is 0 Å². The van der Waals surface area contributed by atoms with Crippen molar-refractivity contribution < 1.29 is 4.79 Å². The molecule has 0 aliphatic rings. The van der Waals surface area contributed by atoms with Gasteiger partial charge in [-0.3, -0.25) is 10.4 Å². The molecule has 5 heteroatoms. The lowest BCUT2D eigenvalue weighted by molar-refractivity contribution is 0.262. The Morgan fingerprint density at radius 2 is 1.89 bits per heavy atom. The summed E-state index contributed by atoms with van der Waals surface area (Å²) in [6.07, 6.45) is 0. The number of nitrogens with zero attached hydrogens (tertiary/aromatic N) is 1. The second-order valence-electron chi connectivity index (χ2n) is 4.81. The van der Waals surface area contributed by atoms with Gasteiger partial charge in [-0.2, -0.15) is 5.10 Å². The number of carbonyl (C=O) groups excluding carboxylic acids is 1. The fourth-order valence-corrected chi connectivity index (χ4v) is 1.61. The Kier molecular flexibility index (Phi) is 3.85. The Bertz CT molecular complexity index is 557. The van der Waals surface area contributed by atoms with Gasteiger partial charge in [0, 0.05) is 17.4 Å². The SMILES string of the molecule is Cc1ccc(NC(=O)Nc2cc(C(C)C)[nH]n2)cc1. The predicted molar refractivity (Wildman–Crippen MR) is 76.5 cm³/mol. The second kappa shape index (κ2) is 5.56. The monoisotopic (exact) mass is 258 g/mol. The van der Waals surface area contributed by atoms with Crippen molar-refractivity contribution >= 4 is 17.5 Å². The van der Waals surface area contributed by atoms with Crippen molar-refractivity contribution in [3.05, 3.63) is 41.6 Å². The summed E-state index contributed by atoms with van der Waals surface area (Å²) >= 11 is 0. The Balaban J connectivity index is 1.95. The highest BCUT2D eigenvalue weighted by atomic mass is 16.2. The lowest BCUT2D eigenvalue weighted by atomic mass is 10.1. The summed E-state index contributed by atoms with van der Waals surface area (Å²) < 4.78 is 0. The van der Waals surface area contributed by atoms with E-state index in [2.05, 4.69) is 34.7 Å². The van der Waals surface area contributed by atoms with E-state index >= 15 is 0 Å². The number of aromatic nitrogens is 2. The quantitative estimate of drug-likeness (QED) is 0.788. The zero-order valence-corrected chi connectivity index (χ0v) is 11.3. The maximum Gasteiger partial charge on any atom is 0.324 e. The van der Waals surface area contributed by atoms with Gasteiger partial charge < -0.3 is 5.32 Å². The topological polar surface area (TPSA) is 69.8 Å². The molecule has 100 valence electrons. The number of aryl methyl sites for hydroxylation is 1.